The molecule has 0 aliphatic carbocycles. The van der Waals surface area contributed by atoms with E-state index in [9.17, 15) is 4.79 Å². The lowest BCUT2D eigenvalue weighted by Gasteiger charge is -2.25. The maximum Gasteiger partial charge on any atom is 0.267 e. The van der Waals surface area contributed by atoms with Crippen LogP contribution in [0.25, 0.3) is 0 Å². The van der Waals surface area contributed by atoms with Gasteiger partial charge in [0, 0.05) is 12.2 Å². The van der Waals surface area contributed by atoms with E-state index in [-0.39, 0.29) is 5.91 Å². The van der Waals surface area contributed by atoms with Crippen LogP contribution in [-0.2, 0) is 4.79 Å². The molecule has 0 fully saturated rings. The van der Waals surface area contributed by atoms with Gasteiger partial charge < -0.3 is 9.64 Å². The fourth-order valence-electron chi connectivity index (χ4n) is 2.16. The molecule has 112 valence electrons. The highest BCUT2D eigenvalue weighted by molar-refractivity contribution is 5.96. The van der Waals surface area contributed by atoms with E-state index in [0.29, 0.717) is 17.9 Å². The van der Waals surface area contributed by atoms with Crippen LogP contribution < -0.4 is 9.64 Å². The normalized spacial score (nSPS) is 11.3. The SMILES string of the molecule is CCN(C(=O)[C@@H](C)Oc1ccc(C#N)cc1)c1ccccc1. The number of carbonyl (C=O) groups excluding carboxylic acids is 1. The van der Waals surface area contributed by atoms with E-state index in [0.717, 1.165) is 5.69 Å². The highest BCUT2D eigenvalue weighted by Crippen LogP contribution is 2.18. The smallest absolute Gasteiger partial charge is 0.267 e. The summed E-state index contributed by atoms with van der Waals surface area (Å²) >= 11 is 0. The molecule has 1 atom stereocenters. The minimum absolute atomic E-state index is 0.0990. The monoisotopic (exact) mass is 294 g/mol. The lowest BCUT2D eigenvalue weighted by molar-refractivity contribution is -0.124. The van der Waals surface area contributed by atoms with Crippen LogP contribution >= 0.6 is 0 Å². The predicted molar refractivity (Wildman–Crippen MR) is 85.7 cm³/mol. The quantitative estimate of drug-likeness (QED) is 0.849. The minimum atomic E-state index is -0.604. The molecule has 0 unspecified atom stereocenters. The maximum atomic E-state index is 12.6. The van der Waals surface area contributed by atoms with Crippen LogP contribution in [0.3, 0.4) is 0 Å². The van der Waals surface area contributed by atoms with E-state index < -0.39 is 6.10 Å². The van der Waals surface area contributed by atoms with E-state index in [1.165, 1.54) is 0 Å². The number of rotatable bonds is 5. The van der Waals surface area contributed by atoms with Gasteiger partial charge in [-0.15, -0.1) is 0 Å². The van der Waals surface area contributed by atoms with Crippen molar-refractivity contribution in [1.29, 1.82) is 5.26 Å². The molecule has 0 aromatic heterocycles. The van der Waals surface area contributed by atoms with Crippen LogP contribution in [0.5, 0.6) is 5.75 Å². The van der Waals surface area contributed by atoms with Crippen LogP contribution in [0.2, 0.25) is 0 Å². The van der Waals surface area contributed by atoms with E-state index in [1.54, 1.807) is 36.1 Å². The Labute approximate surface area is 130 Å². The predicted octanol–water partition coefficient (Wildman–Crippen LogP) is 3.38. The van der Waals surface area contributed by atoms with E-state index in [1.807, 2.05) is 43.3 Å². The molecule has 0 aliphatic heterocycles. The molecule has 2 rings (SSSR count). The number of ether oxygens (including phenoxy) is 1. The summed E-state index contributed by atoms with van der Waals surface area (Å²) in [4.78, 5) is 14.2. The molecule has 0 saturated heterocycles. The summed E-state index contributed by atoms with van der Waals surface area (Å²) in [5.41, 5.74) is 1.41. The van der Waals surface area contributed by atoms with Crippen LogP contribution in [0.15, 0.2) is 54.6 Å². The second-order valence-electron chi connectivity index (χ2n) is 4.81. The summed E-state index contributed by atoms with van der Waals surface area (Å²) in [6.07, 6.45) is -0.604. The number of benzene rings is 2. The van der Waals surface area contributed by atoms with Crippen molar-refractivity contribution < 1.29 is 9.53 Å². The molecule has 0 N–H and O–H groups in total. The Morgan fingerprint density at radius 2 is 1.82 bits per heavy atom. The zero-order chi connectivity index (χ0) is 15.9. The lowest BCUT2D eigenvalue weighted by Crippen LogP contribution is -2.40. The average molecular weight is 294 g/mol. The molecule has 1 amide bonds. The summed E-state index contributed by atoms with van der Waals surface area (Å²) in [6.45, 7) is 4.23. The third-order valence-electron chi connectivity index (χ3n) is 3.29. The zero-order valence-electron chi connectivity index (χ0n) is 12.7. The number of para-hydroxylation sites is 1. The zero-order valence-corrected chi connectivity index (χ0v) is 12.7. The fraction of sp³-hybridized carbons (Fsp3) is 0.222. The molecular weight excluding hydrogens is 276 g/mol. The molecule has 0 radical (unpaired) electrons. The molecule has 22 heavy (non-hydrogen) atoms. The molecule has 0 saturated carbocycles. The second-order valence-corrected chi connectivity index (χ2v) is 4.81. The minimum Gasteiger partial charge on any atom is -0.481 e. The topological polar surface area (TPSA) is 53.3 Å². The molecule has 0 heterocycles. The van der Waals surface area contributed by atoms with Gasteiger partial charge in [-0.2, -0.15) is 5.26 Å². The Balaban J connectivity index is 2.08. The lowest BCUT2D eigenvalue weighted by atomic mass is 10.2. The van der Waals surface area contributed by atoms with Crippen molar-refractivity contribution in [3.8, 4) is 11.8 Å². The molecule has 4 heteroatoms. The van der Waals surface area contributed by atoms with Gasteiger partial charge in [0.1, 0.15) is 5.75 Å². The average Bonchev–Trinajstić information content (AvgIpc) is 2.57. The summed E-state index contributed by atoms with van der Waals surface area (Å²) in [7, 11) is 0. The number of hydrogen-bond donors (Lipinski definition) is 0. The first-order chi connectivity index (χ1) is 10.7. The first-order valence-electron chi connectivity index (χ1n) is 7.19. The van der Waals surface area contributed by atoms with Crippen LogP contribution in [-0.4, -0.2) is 18.6 Å². The van der Waals surface area contributed by atoms with E-state index in [4.69, 9.17) is 10.00 Å². The van der Waals surface area contributed by atoms with Crippen molar-refractivity contribution in [2.24, 2.45) is 0 Å². The summed E-state index contributed by atoms with van der Waals surface area (Å²) in [5.74, 6) is 0.474. The largest absolute Gasteiger partial charge is 0.481 e. The highest BCUT2D eigenvalue weighted by atomic mass is 16.5. The third kappa shape index (κ3) is 3.64. The first kappa shape index (κ1) is 15.6. The van der Waals surface area contributed by atoms with Gasteiger partial charge in [-0.05, 0) is 50.2 Å². The number of anilines is 1. The summed E-state index contributed by atoms with van der Waals surface area (Å²) in [6, 6.07) is 18.3. The van der Waals surface area contributed by atoms with Gasteiger partial charge in [-0.3, -0.25) is 4.79 Å². The number of nitrogens with zero attached hydrogens (tertiary/aromatic N) is 2. The van der Waals surface area contributed by atoms with Gasteiger partial charge in [-0.25, -0.2) is 0 Å². The first-order valence-corrected chi connectivity index (χ1v) is 7.19. The van der Waals surface area contributed by atoms with Gasteiger partial charge >= 0.3 is 0 Å². The second kappa shape index (κ2) is 7.28. The number of amides is 1. The number of hydrogen-bond acceptors (Lipinski definition) is 3. The Kier molecular flexibility index (Phi) is 5.16. The van der Waals surface area contributed by atoms with Crippen molar-refractivity contribution in [1.82, 2.24) is 0 Å². The molecule has 0 spiro atoms. The molecule has 0 aliphatic rings. The Hall–Kier alpha value is -2.80. The third-order valence-corrected chi connectivity index (χ3v) is 3.29. The number of nitriles is 1. The molecule has 0 bridgehead atoms. The van der Waals surface area contributed by atoms with Crippen LogP contribution in [0.4, 0.5) is 5.69 Å². The Bertz CT molecular complexity index is 660. The van der Waals surface area contributed by atoms with Crippen molar-refractivity contribution in [3.63, 3.8) is 0 Å². The van der Waals surface area contributed by atoms with E-state index >= 15 is 0 Å². The standard InChI is InChI=1S/C18H18N2O2/c1-3-20(16-7-5-4-6-8-16)18(21)14(2)22-17-11-9-15(13-19)10-12-17/h4-12,14H,3H2,1-2H3/t14-/m1/s1. The molecule has 2 aromatic carbocycles. The van der Waals surface area contributed by atoms with Crippen LogP contribution in [0.1, 0.15) is 19.4 Å². The van der Waals surface area contributed by atoms with Gasteiger partial charge in [0.15, 0.2) is 6.10 Å². The summed E-state index contributed by atoms with van der Waals surface area (Å²) < 4.78 is 5.68. The summed E-state index contributed by atoms with van der Waals surface area (Å²) in [5, 5.41) is 8.78. The molecule has 2 aromatic rings. The number of likely N-dealkylation sites (N-methyl/N-ethyl adjacent to an activating group) is 1. The number of carbonyl (C=O) groups is 1. The van der Waals surface area contributed by atoms with Crippen molar-refractivity contribution in [2.75, 3.05) is 11.4 Å². The molecule has 4 nitrogen and oxygen atoms in total. The van der Waals surface area contributed by atoms with Gasteiger partial charge in [0.25, 0.3) is 5.91 Å². The van der Waals surface area contributed by atoms with Gasteiger partial charge in [-0.1, -0.05) is 18.2 Å². The molecular formula is C18H18N2O2. The van der Waals surface area contributed by atoms with Gasteiger partial charge in [0.2, 0.25) is 0 Å². The van der Waals surface area contributed by atoms with Crippen molar-refractivity contribution >= 4 is 11.6 Å². The van der Waals surface area contributed by atoms with E-state index in [2.05, 4.69) is 0 Å². The highest BCUT2D eigenvalue weighted by Gasteiger charge is 2.22. The Morgan fingerprint density at radius 3 is 2.36 bits per heavy atom. The Morgan fingerprint density at radius 1 is 1.18 bits per heavy atom. The van der Waals surface area contributed by atoms with Crippen LogP contribution in [0, 0.1) is 11.3 Å². The van der Waals surface area contributed by atoms with Crippen molar-refractivity contribution in [2.45, 2.75) is 20.0 Å². The maximum absolute atomic E-state index is 12.6. The van der Waals surface area contributed by atoms with Crippen molar-refractivity contribution in [3.05, 3.63) is 60.2 Å². The fourth-order valence-corrected chi connectivity index (χ4v) is 2.16. The van der Waals surface area contributed by atoms with Gasteiger partial charge in [0.05, 0.1) is 11.6 Å².